The summed E-state index contributed by atoms with van der Waals surface area (Å²) >= 11 is -4.98. The Kier molecular flexibility index (Phi) is 10.4. The Hall–Kier alpha value is -3.00. The van der Waals surface area contributed by atoms with Crippen molar-refractivity contribution in [1.82, 2.24) is 0 Å². The number of rotatable bonds is 11. The molecule has 6 aromatic carbocycles. The molecule has 0 N–H and O–H groups in total. The number of hydrogen-bond acceptors (Lipinski definition) is 0. The third-order valence-electron chi connectivity index (χ3n) is 13.0. The van der Waals surface area contributed by atoms with E-state index in [0.717, 1.165) is 38.5 Å². The van der Waals surface area contributed by atoms with Crippen LogP contribution in [-0.2, 0) is 15.6 Å². The van der Waals surface area contributed by atoms with Crippen molar-refractivity contribution in [1.29, 1.82) is 0 Å². The van der Waals surface area contributed by atoms with Crippen molar-refractivity contribution in [2.24, 2.45) is 0 Å². The van der Waals surface area contributed by atoms with Gasteiger partial charge < -0.3 is 0 Å². The van der Waals surface area contributed by atoms with E-state index < -0.39 is 21.5 Å². The van der Waals surface area contributed by atoms with Crippen molar-refractivity contribution in [3.05, 3.63) is 154 Å². The molecule has 275 valence electrons. The van der Waals surface area contributed by atoms with E-state index in [1.165, 1.54) is 88.3 Å². The molecule has 0 aliphatic heterocycles. The number of unbranched alkanes of at least 4 members (excludes halogenated alkanes) is 2. The SMILES string of the molecule is CCCCC1=Cc2c(-c3c(C)ccc4ccccc34)cccc2[CH]1[Zr]([Cl])([Cl])([CH]1C(CCCC)=Cc2c(-c3c(C)ccc4ccccc34)cccc21)[SiH](C)C. The molecule has 2 atom stereocenters. The number of allylic oxidation sites excluding steroid dienone is 2. The maximum absolute atomic E-state index is 8.95. The van der Waals surface area contributed by atoms with Gasteiger partial charge in [-0.2, -0.15) is 0 Å². The number of fused-ring (bicyclic) bond motifs is 4. The molecule has 4 heteroatoms. The zero-order valence-corrected chi connectivity index (χ0v) is 37.9. The average molecular weight is 844 g/mol. The molecule has 6 aromatic rings. The Balaban J connectivity index is 1.38. The first-order chi connectivity index (χ1) is 26.1. The van der Waals surface area contributed by atoms with Gasteiger partial charge in [0.15, 0.2) is 0 Å². The van der Waals surface area contributed by atoms with Crippen molar-refractivity contribution in [3.8, 4) is 22.3 Å². The van der Waals surface area contributed by atoms with Gasteiger partial charge in [0.05, 0.1) is 0 Å². The van der Waals surface area contributed by atoms with E-state index in [-0.39, 0.29) is 7.25 Å². The minimum atomic E-state index is -4.98. The van der Waals surface area contributed by atoms with E-state index in [0.29, 0.717) is 0 Å². The van der Waals surface area contributed by atoms with E-state index >= 15 is 0 Å². The molecular weight excluding hydrogens is 791 g/mol. The molecule has 0 saturated carbocycles. The summed E-state index contributed by atoms with van der Waals surface area (Å²) in [6, 6.07) is 40.9. The van der Waals surface area contributed by atoms with E-state index in [9.17, 15) is 0 Å². The molecule has 0 fully saturated rings. The minimum absolute atomic E-state index is 0.0853. The van der Waals surface area contributed by atoms with Crippen LogP contribution in [0, 0.1) is 13.8 Å². The Labute approximate surface area is 332 Å². The molecule has 8 rings (SSSR count). The van der Waals surface area contributed by atoms with Crippen LogP contribution in [0.1, 0.15) is 93.0 Å². The van der Waals surface area contributed by atoms with Gasteiger partial charge in [0, 0.05) is 0 Å². The van der Waals surface area contributed by atoms with Crippen molar-refractivity contribution in [2.75, 3.05) is 0 Å². The van der Waals surface area contributed by atoms with Gasteiger partial charge in [-0.25, -0.2) is 0 Å². The quantitative estimate of drug-likeness (QED) is 0.114. The fourth-order valence-electron chi connectivity index (χ4n) is 10.2. The summed E-state index contributed by atoms with van der Waals surface area (Å²) in [5, 5.41) is 5.17. The molecule has 0 nitrogen and oxygen atoms in total. The molecule has 0 aromatic heterocycles. The van der Waals surface area contributed by atoms with Gasteiger partial charge in [0.25, 0.3) is 0 Å². The monoisotopic (exact) mass is 841 g/mol. The van der Waals surface area contributed by atoms with Crippen LogP contribution in [0.15, 0.2) is 120 Å². The van der Waals surface area contributed by atoms with Crippen molar-refractivity contribution < 1.29 is 15.6 Å². The maximum atomic E-state index is 8.95. The molecule has 0 spiro atoms. The van der Waals surface area contributed by atoms with Gasteiger partial charge in [-0.1, -0.05) is 0 Å². The van der Waals surface area contributed by atoms with Crippen LogP contribution in [0.25, 0.3) is 56.0 Å². The van der Waals surface area contributed by atoms with Crippen LogP contribution in [0.5, 0.6) is 0 Å². The van der Waals surface area contributed by atoms with E-state index in [1.807, 2.05) is 0 Å². The second kappa shape index (κ2) is 14.8. The zero-order valence-electron chi connectivity index (χ0n) is 32.8. The Morgan fingerprint density at radius 3 is 1.37 bits per heavy atom. The molecule has 0 saturated heterocycles. The van der Waals surface area contributed by atoms with Crippen LogP contribution in [-0.4, -0.2) is 5.92 Å². The summed E-state index contributed by atoms with van der Waals surface area (Å²) in [4.78, 5) is 0. The molecule has 0 radical (unpaired) electrons. The van der Waals surface area contributed by atoms with Crippen LogP contribution in [0.4, 0.5) is 0 Å². The number of benzene rings is 6. The van der Waals surface area contributed by atoms with E-state index in [2.05, 4.69) is 162 Å². The van der Waals surface area contributed by atoms with Crippen LogP contribution >= 0.6 is 17.0 Å². The molecule has 54 heavy (non-hydrogen) atoms. The van der Waals surface area contributed by atoms with Gasteiger partial charge in [0.1, 0.15) is 0 Å². The summed E-state index contributed by atoms with van der Waals surface area (Å²) in [5.74, 6) is -1.70. The second-order valence-corrected chi connectivity index (χ2v) is 59.0. The molecule has 0 bridgehead atoms. The summed E-state index contributed by atoms with van der Waals surface area (Å²) in [6.45, 7) is 14.1. The first kappa shape index (κ1) is 37.9. The summed E-state index contributed by atoms with van der Waals surface area (Å²) in [5.41, 5.74) is 16.3. The Morgan fingerprint density at radius 1 is 0.537 bits per heavy atom. The second-order valence-electron chi connectivity index (χ2n) is 16.5. The van der Waals surface area contributed by atoms with Gasteiger partial charge in [-0.15, -0.1) is 0 Å². The topological polar surface area (TPSA) is 0 Å². The first-order valence-electron chi connectivity index (χ1n) is 20.3. The third kappa shape index (κ3) is 6.02. The average Bonchev–Trinajstić information content (AvgIpc) is 3.76. The molecule has 2 unspecified atom stereocenters. The summed E-state index contributed by atoms with van der Waals surface area (Å²) in [7, 11) is 17.9. The zero-order chi connectivity index (χ0) is 37.8. The molecule has 0 amide bonds. The van der Waals surface area contributed by atoms with Gasteiger partial charge in [-0.05, 0) is 0 Å². The molecule has 2 aliphatic rings. The number of halogens is 2. The van der Waals surface area contributed by atoms with Gasteiger partial charge >= 0.3 is 335 Å². The first-order valence-corrected chi connectivity index (χ1v) is 36.6. The standard InChI is InChI=1S/2C24H23.C2H7Si.2ClH.Zr/c2*1-3-4-8-18-15-20-10-7-12-22(23(20)16-18)24-17(2)13-14-19-9-5-6-11-21(19)24;1-3-2;;;/h2*5-7,9-16H,3-4,8H2,1-2H3;3H,1-2H3;2*1H;/q;;;;;+2/p-2. The third-order valence-corrected chi connectivity index (χ3v) is 64.8. The fraction of sp³-hybridized carbons (Fsp3) is 0.280. The van der Waals surface area contributed by atoms with E-state index in [1.54, 1.807) is 0 Å². The van der Waals surface area contributed by atoms with Crippen LogP contribution < -0.4 is 0 Å². The Morgan fingerprint density at radius 2 is 0.963 bits per heavy atom. The van der Waals surface area contributed by atoms with Crippen molar-refractivity contribution in [3.63, 3.8) is 0 Å². The van der Waals surface area contributed by atoms with Crippen molar-refractivity contribution in [2.45, 2.75) is 86.6 Å². The Bertz CT molecular complexity index is 2320. The number of hydrogen-bond donors (Lipinski definition) is 0. The normalized spacial score (nSPS) is 17.4. The fourth-order valence-corrected chi connectivity index (χ4v) is 41.7. The van der Waals surface area contributed by atoms with Crippen LogP contribution in [0.3, 0.4) is 0 Å². The molecular formula is C50H53Cl2SiZr. The summed E-state index contributed by atoms with van der Waals surface area (Å²) < 4.78 is 0.171. The molecule has 2 aliphatic carbocycles. The predicted molar refractivity (Wildman–Crippen MR) is 239 cm³/mol. The predicted octanol–water partition coefficient (Wildman–Crippen LogP) is 15.9. The van der Waals surface area contributed by atoms with Gasteiger partial charge in [0.2, 0.25) is 0 Å². The van der Waals surface area contributed by atoms with E-state index in [4.69, 9.17) is 17.0 Å². The molecule has 0 heterocycles. The number of aryl methyl sites for hydroxylation is 2. The van der Waals surface area contributed by atoms with Crippen molar-refractivity contribution >= 4 is 56.6 Å². The summed E-state index contributed by atoms with van der Waals surface area (Å²) in [6.07, 6.45) is 11.8. The van der Waals surface area contributed by atoms with Crippen LogP contribution in [0.2, 0.25) is 13.1 Å². The van der Waals surface area contributed by atoms with Gasteiger partial charge in [-0.3, -0.25) is 0 Å².